The van der Waals surface area contributed by atoms with Crippen molar-refractivity contribution in [1.29, 1.82) is 0 Å². The molecule has 1 fully saturated rings. The second-order valence-electron chi connectivity index (χ2n) is 5.73. The molecule has 0 aliphatic carbocycles. The Kier molecular flexibility index (Phi) is 7.49. The number of carbonyl (C=O) groups is 1. The lowest BCUT2D eigenvalue weighted by Crippen LogP contribution is -2.39. The molecule has 2 amide bonds. The van der Waals surface area contributed by atoms with E-state index in [2.05, 4.69) is 5.32 Å². The largest absolute Gasteiger partial charge is 0.492 e. The lowest BCUT2D eigenvalue weighted by Gasteiger charge is -2.19. The molecule has 0 bridgehead atoms. The van der Waals surface area contributed by atoms with Crippen molar-refractivity contribution < 1.29 is 14.3 Å². The van der Waals surface area contributed by atoms with Gasteiger partial charge in [-0.25, -0.2) is 4.79 Å². The van der Waals surface area contributed by atoms with Gasteiger partial charge in [-0.05, 0) is 49.9 Å². The van der Waals surface area contributed by atoms with E-state index in [0.717, 1.165) is 44.6 Å². The van der Waals surface area contributed by atoms with Gasteiger partial charge in [0.1, 0.15) is 12.4 Å². The topological polar surface area (TPSA) is 50.8 Å². The van der Waals surface area contributed by atoms with E-state index < -0.39 is 0 Å². The first kappa shape index (κ1) is 17.9. The standard InChI is InChI=1S/C17H25ClN2O3/c1-20(11-2-4-15-5-3-12-22-15)17(21)19-10-13-23-16-8-6-14(18)7-9-16/h6-9,15H,2-5,10-13H2,1H3,(H,19,21)/t15-/m0/s1. The molecule has 5 nitrogen and oxygen atoms in total. The molecule has 1 aromatic carbocycles. The van der Waals surface area contributed by atoms with Gasteiger partial charge in [-0.2, -0.15) is 0 Å². The predicted molar refractivity (Wildman–Crippen MR) is 91.2 cm³/mol. The summed E-state index contributed by atoms with van der Waals surface area (Å²) in [5, 5.41) is 3.52. The van der Waals surface area contributed by atoms with E-state index in [4.69, 9.17) is 21.1 Å². The summed E-state index contributed by atoms with van der Waals surface area (Å²) in [6, 6.07) is 7.09. The van der Waals surface area contributed by atoms with Crippen LogP contribution in [-0.2, 0) is 4.74 Å². The average molecular weight is 341 g/mol. The maximum absolute atomic E-state index is 11.9. The summed E-state index contributed by atoms with van der Waals surface area (Å²) in [6.07, 6.45) is 4.69. The number of halogens is 1. The number of rotatable bonds is 8. The van der Waals surface area contributed by atoms with Crippen molar-refractivity contribution in [2.45, 2.75) is 31.8 Å². The molecule has 0 spiro atoms. The second-order valence-corrected chi connectivity index (χ2v) is 6.17. The Morgan fingerprint density at radius 1 is 1.43 bits per heavy atom. The Balaban J connectivity index is 1.53. The number of hydrogen-bond donors (Lipinski definition) is 1. The van der Waals surface area contributed by atoms with Crippen molar-refractivity contribution in [3.63, 3.8) is 0 Å². The Bertz CT molecular complexity index is 475. The summed E-state index contributed by atoms with van der Waals surface area (Å²) in [4.78, 5) is 13.6. The number of nitrogens with one attached hydrogen (secondary N) is 1. The van der Waals surface area contributed by atoms with Crippen molar-refractivity contribution in [2.24, 2.45) is 0 Å². The highest BCUT2D eigenvalue weighted by atomic mass is 35.5. The van der Waals surface area contributed by atoms with Crippen LogP contribution in [-0.4, -0.2) is 50.4 Å². The lowest BCUT2D eigenvalue weighted by atomic mass is 10.1. The molecule has 0 radical (unpaired) electrons. The molecule has 1 aromatic rings. The van der Waals surface area contributed by atoms with E-state index in [0.29, 0.717) is 24.3 Å². The molecule has 1 aliphatic rings. The normalized spacial score (nSPS) is 17.0. The fraction of sp³-hybridized carbons (Fsp3) is 0.588. The van der Waals surface area contributed by atoms with E-state index >= 15 is 0 Å². The van der Waals surface area contributed by atoms with E-state index in [1.54, 1.807) is 29.2 Å². The number of hydrogen-bond acceptors (Lipinski definition) is 3. The average Bonchev–Trinajstić information content (AvgIpc) is 3.06. The second kappa shape index (κ2) is 9.63. The minimum atomic E-state index is -0.0722. The molecule has 2 rings (SSSR count). The van der Waals surface area contributed by atoms with E-state index in [1.807, 2.05) is 7.05 Å². The monoisotopic (exact) mass is 340 g/mol. The number of benzene rings is 1. The third-order valence-corrected chi connectivity index (χ3v) is 4.10. The zero-order valence-electron chi connectivity index (χ0n) is 13.6. The summed E-state index contributed by atoms with van der Waals surface area (Å²) < 4.78 is 11.1. The van der Waals surface area contributed by atoms with E-state index in [1.165, 1.54) is 0 Å². The maximum atomic E-state index is 11.9. The van der Waals surface area contributed by atoms with Crippen LogP contribution in [0.25, 0.3) is 0 Å². The molecule has 1 heterocycles. The number of ether oxygens (including phenoxy) is 2. The molecule has 128 valence electrons. The van der Waals surface area contributed by atoms with Gasteiger partial charge in [0.25, 0.3) is 0 Å². The van der Waals surface area contributed by atoms with E-state index in [9.17, 15) is 4.79 Å². The van der Waals surface area contributed by atoms with Gasteiger partial charge in [0, 0.05) is 25.2 Å². The SMILES string of the molecule is CN(CCC[C@H]1CCCO1)C(=O)NCCOc1ccc(Cl)cc1. The van der Waals surface area contributed by atoms with Gasteiger partial charge < -0.3 is 19.7 Å². The van der Waals surface area contributed by atoms with Crippen molar-refractivity contribution in [2.75, 3.05) is 33.4 Å². The van der Waals surface area contributed by atoms with Crippen molar-refractivity contribution in [1.82, 2.24) is 10.2 Å². The molecule has 0 saturated carbocycles. The van der Waals surface area contributed by atoms with Crippen LogP contribution in [0.4, 0.5) is 4.79 Å². The van der Waals surface area contributed by atoms with Crippen molar-refractivity contribution >= 4 is 17.6 Å². The lowest BCUT2D eigenvalue weighted by molar-refractivity contribution is 0.100. The molecule has 1 aliphatic heterocycles. The van der Waals surface area contributed by atoms with Crippen LogP contribution in [0.5, 0.6) is 5.75 Å². The maximum Gasteiger partial charge on any atom is 0.317 e. The fourth-order valence-electron chi connectivity index (χ4n) is 2.52. The first-order chi connectivity index (χ1) is 11.1. The zero-order valence-corrected chi connectivity index (χ0v) is 14.3. The predicted octanol–water partition coefficient (Wildman–Crippen LogP) is 3.32. The Morgan fingerprint density at radius 2 is 2.22 bits per heavy atom. The van der Waals surface area contributed by atoms with Gasteiger partial charge in [0.2, 0.25) is 0 Å². The molecule has 1 saturated heterocycles. The minimum absolute atomic E-state index is 0.0722. The van der Waals surface area contributed by atoms with Crippen LogP contribution in [0.1, 0.15) is 25.7 Å². The number of nitrogens with zero attached hydrogens (tertiary/aromatic N) is 1. The van der Waals surface area contributed by atoms with Crippen LogP contribution >= 0.6 is 11.6 Å². The molecular formula is C17H25ClN2O3. The summed E-state index contributed by atoms with van der Waals surface area (Å²) in [5.41, 5.74) is 0. The number of urea groups is 1. The van der Waals surface area contributed by atoms with Crippen LogP contribution < -0.4 is 10.1 Å². The molecular weight excluding hydrogens is 316 g/mol. The van der Waals surface area contributed by atoms with Crippen LogP contribution in [0.2, 0.25) is 5.02 Å². The van der Waals surface area contributed by atoms with Crippen LogP contribution in [0.15, 0.2) is 24.3 Å². The van der Waals surface area contributed by atoms with Gasteiger partial charge in [-0.3, -0.25) is 0 Å². The first-order valence-electron chi connectivity index (χ1n) is 8.14. The molecule has 1 N–H and O–H groups in total. The molecule has 0 unspecified atom stereocenters. The Hall–Kier alpha value is -1.46. The quantitative estimate of drug-likeness (QED) is 0.738. The fourth-order valence-corrected chi connectivity index (χ4v) is 2.65. The van der Waals surface area contributed by atoms with E-state index in [-0.39, 0.29) is 6.03 Å². The first-order valence-corrected chi connectivity index (χ1v) is 8.52. The van der Waals surface area contributed by atoms with Crippen molar-refractivity contribution in [3.8, 4) is 5.75 Å². The summed E-state index contributed by atoms with van der Waals surface area (Å²) in [6.45, 7) is 2.52. The highest BCUT2D eigenvalue weighted by molar-refractivity contribution is 6.30. The van der Waals surface area contributed by atoms with Crippen LogP contribution in [0, 0.1) is 0 Å². The summed E-state index contributed by atoms with van der Waals surface area (Å²) in [7, 11) is 1.81. The number of amides is 2. The van der Waals surface area contributed by atoms with Gasteiger partial charge >= 0.3 is 6.03 Å². The smallest absolute Gasteiger partial charge is 0.317 e. The van der Waals surface area contributed by atoms with Crippen molar-refractivity contribution in [3.05, 3.63) is 29.3 Å². The molecule has 1 atom stereocenters. The minimum Gasteiger partial charge on any atom is -0.492 e. The van der Waals surface area contributed by atoms with Gasteiger partial charge in [0.05, 0.1) is 12.6 Å². The number of carbonyl (C=O) groups excluding carboxylic acids is 1. The highest BCUT2D eigenvalue weighted by Gasteiger charge is 2.15. The van der Waals surface area contributed by atoms with Gasteiger partial charge in [0.15, 0.2) is 0 Å². The third-order valence-electron chi connectivity index (χ3n) is 3.85. The van der Waals surface area contributed by atoms with Gasteiger partial charge in [-0.1, -0.05) is 11.6 Å². The Labute approximate surface area is 142 Å². The molecule has 6 heteroatoms. The third kappa shape index (κ3) is 6.67. The van der Waals surface area contributed by atoms with Crippen LogP contribution in [0.3, 0.4) is 0 Å². The summed E-state index contributed by atoms with van der Waals surface area (Å²) >= 11 is 5.81. The molecule has 23 heavy (non-hydrogen) atoms. The summed E-state index contributed by atoms with van der Waals surface area (Å²) in [5.74, 6) is 0.744. The molecule has 0 aromatic heterocycles. The van der Waals surface area contributed by atoms with Gasteiger partial charge in [-0.15, -0.1) is 0 Å². The zero-order chi connectivity index (χ0) is 16.5. The highest BCUT2D eigenvalue weighted by Crippen LogP contribution is 2.17. The Morgan fingerprint density at radius 3 is 2.91 bits per heavy atom.